The normalized spacial score (nSPS) is 15.4. The van der Waals surface area contributed by atoms with Crippen molar-refractivity contribution in [2.24, 2.45) is 0 Å². The van der Waals surface area contributed by atoms with E-state index in [9.17, 15) is 9.59 Å². The van der Waals surface area contributed by atoms with E-state index in [1.54, 1.807) is 12.1 Å². The van der Waals surface area contributed by atoms with Crippen molar-refractivity contribution in [3.05, 3.63) is 76.0 Å². The van der Waals surface area contributed by atoms with Gasteiger partial charge in [0.1, 0.15) is 5.82 Å². The van der Waals surface area contributed by atoms with Crippen LogP contribution in [0.25, 0.3) is 5.69 Å². The second-order valence-corrected chi connectivity index (χ2v) is 8.34. The number of hydrogen-bond acceptors (Lipinski definition) is 5. The fourth-order valence-electron chi connectivity index (χ4n) is 3.98. The summed E-state index contributed by atoms with van der Waals surface area (Å²) in [5.41, 5.74) is 11.9. The van der Waals surface area contributed by atoms with E-state index in [0.29, 0.717) is 22.4 Å². The SMILES string of the molecule is Cc1ccc(C(=O)NC2CC2)cc1-n1ncc(C(=O)c2ccc3c(c2)CNCC3)c1N. The Balaban J connectivity index is 1.46. The summed E-state index contributed by atoms with van der Waals surface area (Å²) in [4.78, 5) is 25.6. The number of carbonyl (C=O) groups is 2. The summed E-state index contributed by atoms with van der Waals surface area (Å²) >= 11 is 0. The fourth-order valence-corrected chi connectivity index (χ4v) is 3.98. The van der Waals surface area contributed by atoms with Crippen LogP contribution in [0.1, 0.15) is 55.8 Å². The van der Waals surface area contributed by atoms with Gasteiger partial charge in [-0.05, 0) is 67.6 Å². The number of benzene rings is 2. The molecule has 0 bridgehead atoms. The Hall–Kier alpha value is -3.45. The van der Waals surface area contributed by atoms with Gasteiger partial charge >= 0.3 is 0 Å². The third kappa shape index (κ3) is 3.72. The number of aromatic nitrogens is 2. The number of anilines is 1. The molecule has 1 aromatic heterocycles. The summed E-state index contributed by atoms with van der Waals surface area (Å²) in [5, 5.41) is 10.7. The lowest BCUT2D eigenvalue weighted by molar-refractivity contribution is 0.0950. The Morgan fingerprint density at radius 1 is 1.13 bits per heavy atom. The van der Waals surface area contributed by atoms with Crippen molar-refractivity contribution in [2.45, 2.75) is 38.8 Å². The minimum Gasteiger partial charge on any atom is -0.383 e. The molecule has 2 aromatic carbocycles. The van der Waals surface area contributed by atoms with Crippen LogP contribution in [0.4, 0.5) is 5.82 Å². The van der Waals surface area contributed by atoms with Gasteiger partial charge in [-0.2, -0.15) is 5.10 Å². The molecule has 7 heteroatoms. The summed E-state index contributed by atoms with van der Waals surface area (Å²) in [6.07, 6.45) is 4.53. The highest BCUT2D eigenvalue weighted by molar-refractivity contribution is 6.11. The number of nitrogens with two attached hydrogens (primary N) is 1. The number of aryl methyl sites for hydroxylation is 1. The Morgan fingerprint density at radius 2 is 1.94 bits per heavy atom. The molecule has 0 spiro atoms. The zero-order valence-corrected chi connectivity index (χ0v) is 17.4. The molecule has 0 radical (unpaired) electrons. The molecule has 1 aliphatic carbocycles. The van der Waals surface area contributed by atoms with E-state index in [2.05, 4.69) is 15.7 Å². The lowest BCUT2D eigenvalue weighted by atomic mass is 9.95. The molecule has 0 saturated heterocycles. The molecule has 1 aliphatic heterocycles. The molecule has 2 heterocycles. The molecule has 0 atom stereocenters. The van der Waals surface area contributed by atoms with Gasteiger partial charge in [0.15, 0.2) is 5.78 Å². The highest BCUT2D eigenvalue weighted by atomic mass is 16.1. The summed E-state index contributed by atoms with van der Waals surface area (Å²) in [6, 6.07) is 11.5. The van der Waals surface area contributed by atoms with Gasteiger partial charge in [0.2, 0.25) is 0 Å². The number of nitrogens with zero attached hydrogens (tertiary/aromatic N) is 2. The molecule has 2 aliphatic rings. The minimum atomic E-state index is -0.155. The van der Waals surface area contributed by atoms with E-state index in [-0.39, 0.29) is 23.6 Å². The smallest absolute Gasteiger partial charge is 0.251 e. The quantitative estimate of drug-likeness (QED) is 0.556. The van der Waals surface area contributed by atoms with Gasteiger partial charge in [0.05, 0.1) is 17.4 Å². The maximum atomic E-state index is 13.2. The monoisotopic (exact) mass is 415 g/mol. The van der Waals surface area contributed by atoms with Gasteiger partial charge in [-0.25, -0.2) is 4.68 Å². The van der Waals surface area contributed by atoms with Gasteiger partial charge in [-0.1, -0.05) is 18.2 Å². The molecule has 158 valence electrons. The molecule has 7 nitrogen and oxygen atoms in total. The van der Waals surface area contributed by atoms with E-state index >= 15 is 0 Å². The first-order valence-electron chi connectivity index (χ1n) is 10.6. The number of nitrogens with one attached hydrogen (secondary N) is 2. The largest absolute Gasteiger partial charge is 0.383 e. The first kappa shape index (κ1) is 19.5. The summed E-state index contributed by atoms with van der Waals surface area (Å²) in [5.74, 6) is 0.00884. The van der Waals surface area contributed by atoms with Crippen LogP contribution >= 0.6 is 0 Å². The van der Waals surface area contributed by atoms with Crippen molar-refractivity contribution in [2.75, 3.05) is 12.3 Å². The van der Waals surface area contributed by atoms with Crippen molar-refractivity contribution in [3.8, 4) is 5.69 Å². The summed E-state index contributed by atoms with van der Waals surface area (Å²) in [7, 11) is 0. The van der Waals surface area contributed by atoms with Crippen LogP contribution in [-0.4, -0.2) is 34.1 Å². The number of hydrogen-bond donors (Lipinski definition) is 3. The minimum absolute atomic E-state index is 0.103. The molecule has 31 heavy (non-hydrogen) atoms. The topological polar surface area (TPSA) is 102 Å². The van der Waals surface area contributed by atoms with Crippen LogP contribution in [-0.2, 0) is 13.0 Å². The molecule has 1 amide bonds. The van der Waals surface area contributed by atoms with Crippen LogP contribution in [0.3, 0.4) is 0 Å². The summed E-state index contributed by atoms with van der Waals surface area (Å²) in [6.45, 7) is 3.65. The number of amides is 1. The number of fused-ring (bicyclic) bond motifs is 1. The van der Waals surface area contributed by atoms with Crippen LogP contribution in [0, 0.1) is 6.92 Å². The third-order valence-electron chi connectivity index (χ3n) is 6.02. The van der Waals surface area contributed by atoms with Gasteiger partial charge in [0, 0.05) is 23.7 Å². The molecule has 0 unspecified atom stereocenters. The second-order valence-electron chi connectivity index (χ2n) is 8.34. The third-order valence-corrected chi connectivity index (χ3v) is 6.02. The maximum absolute atomic E-state index is 13.2. The van der Waals surface area contributed by atoms with Crippen LogP contribution < -0.4 is 16.4 Å². The zero-order chi connectivity index (χ0) is 21.5. The Kier molecular flexibility index (Phi) is 4.82. The van der Waals surface area contributed by atoms with Gasteiger partial charge in [-0.3, -0.25) is 9.59 Å². The first-order chi connectivity index (χ1) is 15.0. The van der Waals surface area contributed by atoms with E-state index in [1.165, 1.54) is 16.4 Å². The van der Waals surface area contributed by atoms with Crippen molar-refractivity contribution in [1.82, 2.24) is 20.4 Å². The van der Waals surface area contributed by atoms with E-state index < -0.39 is 0 Å². The lowest BCUT2D eigenvalue weighted by Crippen LogP contribution is -2.25. The van der Waals surface area contributed by atoms with E-state index in [4.69, 9.17) is 5.73 Å². The first-order valence-corrected chi connectivity index (χ1v) is 10.6. The van der Waals surface area contributed by atoms with Crippen molar-refractivity contribution in [1.29, 1.82) is 0 Å². The zero-order valence-electron chi connectivity index (χ0n) is 17.4. The predicted molar refractivity (Wildman–Crippen MR) is 118 cm³/mol. The Labute approximate surface area is 180 Å². The van der Waals surface area contributed by atoms with Crippen molar-refractivity contribution >= 4 is 17.5 Å². The molecular formula is C24H25N5O2. The Bertz CT molecular complexity index is 1190. The molecule has 3 aromatic rings. The number of nitrogen functional groups attached to an aromatic ring is 1. The average Bonchev–Trinajstić information content (AvgIpc) is 3.52. The Morgan fingerprint density at radius 3 is 2.74 bits per heavy atom. The average molecular weight is 415 g/mol. The van der Waals surface area contributed by atoms with Gasteiger partial charge in [-0.15, -0.1) is 0 Å². The molecule has 1 saturated carbocycles. The number of carbonyl (C=O) groups excluding carboxylic acids is 2. The number of ketones is 1. The highest BCUT2D eigenvalue weighted by Crippen LogP contribution is 2.25. The molecule has 5 rings (SSSR count). The van der Waals surface area contributed by atoms with Crippen LogP contribution in [0.2, 0.25) is 0 Å². The fraction of sp³-hybridized carbons (Fsp3) is 0.292. The van der Waals surface area contributed by atoms with E-state index in [0.717, 1.165) is 43.5 Å². The van der Waals surface area contributed by atoms with Gasteiger partial charge in [0.25, 0.3) is 5.91 Å². The lowest BCUT2D eigenvalue weighted by Gasteiger charge is -2.17. The second kappa shape index (κ2) is 7.67. The molecule has 4 N–H and O–H groups in total. The van der Waals surface area contributed by atoms with Crippen molar-refractivity contribution in [3.63, 3.8) is 0 Å². The maximum Gasteiger partial charge on any atom is 0.251 e. The molecule has 1 fully saturated rings. The number of rotatable bonds is 5. The summed E-state index contributed by atoms with van der Waals surface area (Å²) < 4.78 is 1.54. The molecular weight excluding hydrogens is 390 g/mol. The van der Waals surface area contributed by atoms with Crippen molar-refractivity contribution < 1.29 is 9.59 Å². The van der Waals surface area contributed by atoms with Crippen LogP contribution in [0.5, 0.6) is 0 Å². The standard InChI is InChI=1S/C24H25N5O2/c1-14-2-3-17(24(31)28-19-6-7-19)11-21(14)29-23(25)20(13-27-29)22(30)16-5-4-15-8-9-26-12-18(15)10-16/h2-5,10-11,13,19,26H,6-9,12,25H2,1H3,(H,28,31). The van der Waals surface area contributed by atoms with Gasteiger partial charge < -0.3 is 16.4 Å². The van der Waals surface area contributed by atoms with Crippen LogP contribution in [0.15, 0.2) is 42.6 Å². The van der Waals surface area contributed by atoms with E-state index in [1.807, 2.05) is 31.2 Å². The predicted octanol–water partition coefficient (Wildman–Crippen LogP) is 2.53. The highest BCUT2D eigenvalue weighted by Gasteiger charge is 2.25.